The molecular weight excluding hydrogens is 264 g/mol. The van der Waals surface area contributed by atoms with E-state index in [2.05, 4.69) is 9.71 Å². The molecule has 5 nitrogen and oxygen atoms in total. The highest BCUT2D eigenvalue weighted by molar-refractivity contribution is 7.89. The Balaban J connectivity index is 2.55. The van der Waals surface area contributed by atoms with Crippen molar-refractivity contribution in [1.82, 2.24) is 9.71 Å². The molecule has 0 spiro atoms. The predicted molar refractivity (Wildman–Crippen MR) is 65.4 cm³/mol. The van der Waals surface area contributed by atoms with E-state index in [0.717, 1.165) is 6.42 Å². The van der Waals surface area contributed by atoms with Crippen LogP contribution in [0.2, 0.25) is 5.02 Å². The Morgan fingerprint density at radius 3 is 2.76 bits per heavy atom. The molecule has 1 aromatic heterocycles. The maximum atomic E-state index is 11.8. The SMILES string of the molecule is O=S(=O)(NCCCCCO)c1cnccc1Cl. The maximum absolute atomic E-state index is 11.8. The van der Waals surface area contributed by atoms with Crippen LogP contribution in [0.15, 0.2) is 23.4 Å². The van der Waals surface area contributed by atoms with Crippen LogP contribution in [-0.2, 0) is 10.0 Å². The van der Waals surface area contributed by atoms with Gasteiger partial charge in [0.1, 0.15) is 4.90 Å². The van der Waals surface area contributed by atoms with Crippen LogP contribution in [0.4, 0.5) is 0 Å². The van der Waals surface area contributed by atoms with E-state index in [1.807, 2.05) is 0 Å². The second-order valence-corrected chi connectivity index (χ2v) is 5.63. The third kappa shape index (κ3) is 4.59. The van der Waals surface area contributed by atoms with Crippen molar-refractivity contribution in [2.75, 3.05) is 13.2 Å². The summed E-state index contributed by atoms with van der Waals surface area (Å²) >= 11 is 5.78. The van der Waals surface area contributed by atoms with Crippen molar-refractivity contribution < 1.29 is 13.5 Å². The summed E-state index contributed by atoms with van der Waals surface area (Å²) < 4.78 is 26.0. The first-order valence-corrected chi connectivity index (χ1v) is 7.14. The van der Waals surface area contributed by atoms with Gasteiger partial charge in [-0.3, -0.25) is 4.98 Å². The van der Waals surface area contributed by atoms with E-state index in [4.69, 9.17) is 16.7 Å². The van der Waals surface area contributed by atoms with E-state index in [1.54, 1.807) is 0 Å². The molecule has 1 aromatic rings. The molecule has 0 saturated carbocycles. The maximum Gasteiger partial charge on any atom is 0.243 e. The summed E-state index contributed by atoms with van der Waals surface area (Å²) in [4.78, 5) is 3.72. The molecule has 2 N–H and O–H groups in total. The second-order valence-electron chi connectivity index (χ2n) is 3.49. The molecule has 0 radical (unpaired) electrons. The van der Waals surface area contributed by atoms with Crippen LogP contribution in [0.3, 0.4) is 0 Å². The van der Waals surface area contributed by atoms with Crippen LogP contribution in [0.5, 0.6) is 0 Å². The van der Waals surface area contributed by atoms with Gasteiger partial charge in [0, 0.05) is 25.5 Å². The van der Waals surface area contributed by atoms with Crippen molar-refractivity contribution in [2.45, 2.75) is 24.2 Å². The third-order valence-electron chi connectivity index (χ3n) is 2.15. The minimum Gasteiger partial charge on any atom is -0.396 e. The number of pyridine rings is 1. The molecule has 0 aliphatic rings. The Bertz CT molecular complexity index is 451. The number of sulfonamides is 1. The van der Waals surface area contributed by atoms with E-state index >= 15 is 0 Å². The van der Waals surface area contributed by atoms with Gasteiger partial charge in [-0.15, -0.1) is 0 Å². The zero-order valence-electron chi connectivity index (χ0n) is 9.26. The highest BCUT2D eigenvalue weighted by Crippen LogP contribution is 2.18. The van der Waals surface area contributed by atoms with Crippen LogP contribution in [0, 0.1) is 0 Å². The van der Waals surface area contributed by atoms with Crippen molar-refractivity contribution in [3.63, 3.8) is 0 Å². The van der Waals surface area contributed by atoms with E-state index in [-0.39, 0.29) is 16.5 Å². The first kappa shape index (κ1) is 14.4. The van der Waals surface area contributed by atoms with Gasteiger partial charge < -0.3 is 5.11 Å². The third-order valence-corrected chi connectivity index (χ3v) is 4.08. The zero-order chi connectivity index (χ0) is 12.7. The summed E-state index contributed by atoms with van der Waals surface area (Å²) in [6, 6.07) is 1.43. The second kappa shape index (κ2) is 6.90. The quantitative estimate of drug-likeness (QED) is 0.734. The van der Waals surface area contributed by atoms with Crippen LogP contribution >= 0.6 is 11.6 Å². The molecule has 0 bridgehead atoms. The topological polar surface area (TPSA) is 79.3 Å². The number of unbranched alkanes of at least 4 members (excludes halogenated alkanes) is 2. The van der Waals surface area contributed by atoms with E-state index in [1.165, 1.54) is 18.5 Å². The molecule has 0 aromatic carbocycles. The van der Waals surface area contributed by atoms with Crippen molar-refractivity contribution in [2.24, 2.45) is 0 Å². The summed E-state index contributed by atoms with van der Waals surface area (Å²) in [5.41, 5.74) is 0. The largest absolute Gasteiger partial charge is 0.396 e. The fraction of sp³-hybridized carbons (Fsp3) is 0.500. The summed E-state index contributed by atoms with van der Waals surface area (Å²) in [5, 5.41) is 8.73. The average molecular weight is 279 g/mol. The number of aromatic nitrogens is 1. The molecule has 7 heteroatoms. The Morgan fingerprint density at radius 1 is 1.35 bits per heavy atom. The van der Waals surface area contributed by atoms with Gasteiger partial charge in [-0.25, -0.2) is 13.1 Å². The molecule has 1 heterocycles. The molecule has 0 aliphatic carbocycles. The summed E-state index contributed by atoms with van der Waals surface area (Å²) in [6.07, 6.45) is 4.79. The smallest absolute Gasteiger partial charge is 0.243 e. The molecule has 0 fully saturated rings. The van der Waals surface area contributed by atoms with Gasteiger partial charge in [0.05, 0.1) is 5.02 Å². The lowest BCUT2D eigenvalue weighted by Gasteiger charge is -2.07. The predicted octanol–water partition coefficient (Wildman–Crippen LogP) is 1.18. The summed E-state index contributed by atoms with van der Waals surface area (Å²) in [6.45, 7) is 0.453. The summed E-state index contributed by atoms with van der Waals surface area (Å²) in [7, 11) is -3.59. The van der Waals surface area contributed by atoms with Crippen molar-refractivity contribution in [1.29, 1.82) is 0 Å². The lowest BCUT2D eigenvalue weighted by molar-refractivity contribution is 0.283. The number of aliphatic hydroxyl groups excluding tert-OH is 1. The lowest BCUT2D eigenvalue weighted by atomic mass is 10.2. The molecule has 0 amide bonds. The van der Waals surface area contributed by atoms with Gasteiger partial charge in [-0.2, -0.15) is 0 Å². The van der Waals surface area contributed by atoms with Crippen LogP contribution in [0.25, 0.3) is 0 Å². The number of nitrogens with one attached hydrogen (secondary N) is 1. The molecule has 0 unspecified atom stereocenters. The molecule has 17 heavy (non-hydrogen) atoms. The van der Waals surface area contributed by atoms with Crippen molar-refractivity contribution in [3.05, 3.63) is 23.5 Å². The number of rotatable bonds is 7. The standard InChI is InChI=1S/C10H15ClN2O3S/c11-9-4-6-12-8-10(9)17(15,16)13-5-2-1-3-7-14/h4,6,8,13-14H,1-3,5,7H2. The normalized spacial score (nSPS) is 11.6. The highest BCUT2D eigenvalue weighted by atomic mass is 35.5. The molecule has 96 valence electrons. The number of aliphatic hydroxyl groups is 1. The van der Waals surface area contributed by atoms with Gasteiger partial charge in [-0.05, 0) is 25.3 Å². The van der Waals surface area contributed by atoms with Crippen molar-refractivity contribution in [3.8, 4) is 0 Å². The number of nitrogens with zero attached hydrogens (tertiary/aromatic N) is 1. The van der Waals surface area contributed by atoms with Gasteiger partial charge in [-0.1, -0.05) is 11.6 Å². The molecule has 1 rings (SSSR count). The Labute approximate surface area is 106 Å². The summed E-state index contributed by atoms with van der Waals surface area (Å²) in [5.74, 6) is 0. The first-order chi connectivity index (χ1) is 8.08. The van der Waals surface area contributed by atoms with Crippen LogP contribution in [0.1, 0.15) is 19.3 Å². The van der Waals surface area contributed by atoms with Gasteiger partial charge >= 0.3 is 0 Å². The van der Waals surface area contributed by atoms with Gasteiger partial charge in [0.2, 0.25) is 10.0 Å². The van der Waals surface area contributed by atoms with Gasteiger partial charge in [0.15, 0.2) is 0 Å². The molecular formula is C10H15ClN2O3S. The molecule has 0 saturated heterocycles. The Kier molecular flexibility index (Phi) is 5.84. The average Bonchev–Trinajstić information content (AvgIpc) is 2.29. The molecule has 0 aliphatic heterocycles. The lowest BCUT2D eigenvalue weighted by Crippen LogP contribution is -2.25. The molecule has 0 atom stereocenters. The van der Waals surface area contributed by atoms with E-state index in [0.29, 0.717) is 19.4 Å². The Hall–Kier alpha value is -0.690. The fourth-order valence-electron chi connectivity index (χ4n) is 1.26. The van der Waals surface area contributed by atoms with E-state index in [9.17, 15) is 8.42 Å². The minimum absolute atomic E-state index is 0.0103. The van der Waals surface area contributed by atoms with Crippen molar-refractivity contribution >= 4 is 21.6 Å². The Morgan fingerprint density at radius 2 is 2.12 bits per heavy atom. The highest BCUT2D eigenvalue weighted by Gasteiger charge is 2.16. The van der Waals surface area contributed by atoms with Gasteiger partial charge in [0.25, 0.3) is 0 Å². The van der Waals surface area contributed by atoms with E-state index < -0.39 is 10.0 Å². The number of hydrogen-bond acceptors (Lipinski definition) is 4. The minimum atomic E-state index is -3.59. The zero-order valence-corrected chi connectivity index (χ0v) is 10.8. The number of halogens is 1. The van der Waals surface area contributed by atoms with Crippen LogP contribution in [-0.4, -0.2) is 31.7 Å². The van der Waals surface area contributed by atoms with Crippen LogP contribution < -0.4 is 4.72 Å². The fourth-order valence-corrected chi connectivity index (χ4v) is 2.76. The monoisotopic (exact) mass is 278 g/mol. The number of hydrogen-bond donors (Lipinski definition) is 2. The first-order valence-electron chi connectivity index (χ1n) is 5.28.